The third kappa shape index (κ3) is 8.28. The number of aryl methyl sites for hydroxylation is 1. The lowest BCUT2D eigenvalue weighted by Crippen LogP contribution is -2.49. The average molecular weight is 685 g/mol. The number of nitrogens with one attached hydrogen (secondary N) is 1. The van der Waals surface area contributed by atoms with Crippen LogP contribution in [0.25, 0.3) is 0 Å². The molecule has 2 aromatic carbocycles. The van der Waals surface area contributed by atoms with Crippen LogP contribution in [0.2, 0.25) is 5.02 Å². The van der Waals surface area contributed by atoms with Crippen molar-refractivity contribution in [3.05, 3.63) is 58.1 Å². The van der Waals surface area contributed by atoms with Crippen molar-refractivity contribution in [3.8, 4) is 5.75 Å². The van der Waals surface area contributed by atoms with E-state index in [0.29, 0.717) is 29.9 Å². The molecule has 4 aliphatic rings. The molecule has 0 spiro atoms. The van der Waals surface area contributed by atoms with Crippen LogP contribution in [-0.4, -0.2) is 82.2 Å². The van der Waals surface area contributed by atoms with Crippen LogP contribution in [0, 0.1) is 23.7 Å². The molecular formula is C37H53ClN4O4S. The highest BCUT2D eigenvalue weighted by molar-refractivity contribution is 7.90. The quantitative estimate of drug-likeness (QED) is 0.402. The van der Waals surface area contributed by atoms with Gasteiger partial charge in [-0.05, 0) is 124 Å². The van der Waals surface area contributed by atoms with E-state index in [1.807, 2.05) is 31.2 Å². The smallest absolute Gasteiger partial charge is 0.264 e. The number of halogens is 1. The van der Waals surface area contributed by atoms with Crippen molar-refractivity contribution < 1.29 is 17.9 Å². The summed E-state index contributed by atoms with van der Waals surface area (Å²) in [6.07, 6.45) is 8.37. The van der Waals surface area contributed by atoms with Crippen LogP contribution in [0.3, 0.4) is 0 Å². The summed E-state index contributed by atoms with van der Waals surface area (Å²) >= 11 is 6.38. The predicted molar refractivity (Wildman–Crippen MR) is 190 cm³/mol. The summed E-state index contributed by atoms with van der Waals surface area (Å²) in [5, 5.41) is 0.0710. The van der Waals surface area contributed by atoms with Crippen molar-refractivity contribution in [3.63, 3.8) is 0 Å². The van der Waals surface area contributed by atoms with Gasteiger partial charge in [0.25, 0.3) is 5.91 Å². The standard InChI is InChI=1S/C37H53ClN4O4S/c1-26-7-6-9-30(23-41-19-17-40(3)18-20-41)34-14-11-31(34)24-42-16-5-4-8-28-21-33(38)13-10-32(28)25-46-36-15-12-29(22-35(36)42)37(43)39-47(44,45)27(26)2/h10,12-13,15,21-22,26-27,30-31,34H,4-9,11,14,16-20,23-25H2,1-3H3,(H,39,43)/t26-,27?,30-,31-,34-/m0/s1. The molecule has 6 rings (SSSR count). The molecule has 47 heavy (non-hydrogen) atoms. The number of hydrogen-bond acceptors (Lipinski definition) is 7. The molecule has 1 saturated heterocycles. The zero-order chi connectivity index (χ0) is 33.1. The van der Waals surface area contributed by atoms with E-state index in [0.717, 1.165) is 106 Å². The van der Waals surface area contributed by atoms with Crippen molar-refractivity contribution in [2.75, 3.05) is 57.8 Å². The van der Waals surface area contributed by atoms with Crippen LogP contribution in [0.4, 0.5) is 5.69 Å². The third-order valence-electron chi connectivity index (χ3n) is 11.6. The van der Waals surface area contributed by atoms with E-state index < -0.39 is 21.2 Å². The molecule has 1 amide bonds. The number of anilines is 1. The van der Waals surface area contributed by atoms with E-state index in [1.54, 1.807) is 13.0 Å². The monoisotopic (exact) mass is 684 g/mol. The summed E-state index contributed by atoms with van der Waals surface area (Å²) in [5.74, 6) is 1.89. The average Bonchev–Trinajstić information content (AvgIpc) is 3.06. The highest BCUT2D eigenvalue weighted by atomic mass is 35.5. The molecule has 1 N–H and O–H groups in total. The van der Waals surface area contributed by atoms with Gasteiger partial charge in [-0.15, -0.1) is 0 Å². The van der Waals surface area contributed by atoms with Crippen LogP contribution in [0.15, 0.2) is 36.4 Å². The van der Waals surface area contributed by atoms with E-state index in [4.69, 9.17) is 16.3 Å². The number of piperazine rings is 1. The molecule has 2 fully saturated rings. The summed E-state index contributed by atoms with van der Waals surface area (Å²) in [4.78, 5) is 21.0. The Labute approximate surface area is 287 Å². The highest BCUT2D eigenvalue weighted by Gasteiger charge is 2.39. The van der Waals surface area contributed by atoms with Gasteiger partial charge in [0, 0.05) is 56.4 Å². The maximum absolute atomic E-state index is 13.5. The summed E-state index contributed by atoms with van der Waals surface area (Å²) in [6, 6.07) is 11.4. The second-order valence-electron chi connectivity index (χ2n) is 14.7. The summed E-state index contributed by atoms with van der Waals surface area (Å²) in [7, 11) is -1.64. The molecule has 3 aliphatic heterocycles. The van der Waals surface area contributed by atoms with Crippen molar-refractivity contribution in [2.24, 2.45) is 23.7 Å². The molecule has 258 valence electrons. The van der Waals surface area contributed by atoms with Gasteiger partial charge in [0.2, 0.25) is 10.0 Å². The van der Waals surface area contributed by atoms with E-state index in [-0.39, 0.29) is 5.92 Å². The van der Waals surface area contributed by atoms with Gasteiger partial charge < -0.3 is 19.4 Å². The predicted octanol–water partition coefficient (Wildman–Crippen LogP) is 6.22. The topological polar surface area (TPSA) is 82.2 Å². The Morgan fingerprint density at radius 2 is 1.72 bits per heavy atom. The largest absolute Gasteiger partial charge is 0.487 e. The first-order chi connectivity index (χ1) is 22.6. The Morgan fingerprint density at radius 3 is 2.49 bits per heavy atom. The normalized spacial score (nSPS) is 29.7. The molecule has 0 radical (unpaired) electrons. The minimum atomic E-state index is -3.85. The van der Waals surface area contributed by atoms with E-state index >= 15 is 0 Å². The Kier molecular flexibility index (Phi) is 11.1. The SMILES string of the molecule is CC1[C@@H](C)CCC[C@@H](CN2CCN(C)CC2)[C@@H]2CC[C@H]2CN2CCCCc3cc(Cl)ccc3COc3ccc(cc32)C(=O)NS1(=O)=O. The van der Waals surface area contributed by atoms with Gasteiger partial charge in [0.1, 0.15) is 12.4 Å². The second-order valence-corrected chi connectivity index (χ2v) is 17.2. The number of nitrogens with zero attached hydrogens (tertiary/aromatic N) is 3. The number of fused-ring (bicyclic) bond motifs is 3. The fraction of sp³-hybridized carbons (Fsp3) is 0.649. The Hall–Kier alpha value is -2.33. The number of rotatable bonds is 2. The van der Waals surface area contributed by atoms with Crippen LogP contribution in [0.5, 0.6) is 5.75 Å². The lowest BCUT2D eigenvalue weighted by atomic mass is 9.65. The molecule has 3 heterocycles. The van der Waals surface area contributed by atoms with E-state index in [1.165, 1.54) is 18.4 Å². The van der Waals surface area contributed by atoms with Gasteiger partial charge in [-0.2, -0.15) is 0 Å². The first-order valence-electron chi connectivity index (χ1n) is 17.8. The Balaban J connectivity index is 1.34. The Morgan fingerprint density at radius 1 is 0.915 bits per heavy atom. The summed E-state index contributed by atoms with van der Waals surface area (Å²) < 4.78 is 35.8. The first kappa shape index (κ1) is 34.5. The molecular weight excluding hydrogens is 632 g/mol. The molecule has 5 atom stereocenters. The van der Waals surface area contributed by atoms with E-state index in [9.17, 15) is 13.2 Å². The van der Waals surface area contributed by atoms with Gasteiger partial charge >= 0.3 is 0 Å². The molecule has 0 aromatic heterocycles. The van der Waals surface area contributed by atoms with Crippen LogP contribution < -0.4 is 14.4 Å². The number of sulfonamides is 1. The van der Waals surface area contributed by atoms with Crippen LogP contribution in [-0.2, 0) is 23.1 Å². The number of carbonyl (C=O) groups excluding carboxylic acids is 1. The van der Waals surface area contributed by atoms with Gasteiger partial charge in [-0.3, -0.25) is 4.79 Å². The lowest BCUT2D eigenvalue weighted by Gasteiger charge is -2.47. The van der Waals surface area contributed by atoms with Crippen molar-refractivity contribution in [1.29, 1.82) is 0 Å². The minimum Gasteiger partial charge on any atom is -0.487 e. The zero-order valence-electron chi connectivity index (χ0n) is 28.4. The number of likely N-dealkylation sites (N-methyl/N-ethyl adjacent to an activating group) is 1. The molecule has 10 heteroatoms. The summed E-state index contributed by atoms with van der Waals surface area (Å²) in [5.41, 5.74) is 3.55. The first-order valence-corrected chi connectivity index (χ1v) is 19.8. The van der Waals surface area contributed by atoms with Crippen molar-refractivity contribution in [2.45, 2.75) is 77.1 Å². The number of amides is 1. The van der Waals surface area contributed by atoms with Crippen LogP contribution >= 0.6 is 11.6 Å². The van der Waals surface area contributed by atoms with Crippen molar-refractivity contribution >= 4 is 33.2 Å². The molecule has 8 nitrogen and oxygen atoms in total. The number of benzene rings is 2. The maximum atomic E-state index is 13.5. The second kappa shape index (κ2) is 15.1. The summed E-state index contributed by atoms with van der Waals surface area (Å²) in [6.45, 7) is 11.5. The van der Waals surface area contributed by atoms with Gasteiger partial charge in [-0.1, -0.05) is 31.0 Å². The highest BCUT2D eigenvalue weighted by Crippen LogP contribution is 2.44. The van der Waals surface area contributed by atoms with E-state index in [2.05, 4.69) is 32.5 Å². The van der Waals surface area contributed by atoms with Crippen LogP contribution in [0.1, 0.15) is 80.3 Å². The maximum Gasteiger partial charge on any atom is 0.264 e. The lowest BCUT2D eigenvalue weighted by molar-refractivity contribution is 0.0541. The molecule has 1 aliphatic carbocycles. The van der Waals surface area contributed by atoms with Gasteiger partial charge in [0.15, 0.2) is 0 Å². The van der Waals surface area contributed by atoms with Crippen molar-refractivity contribution in [1.82, 2.24) is 14.5 Å². The number of ether oxygens (including phenoxy) is 1. The molecule has 1 saturated carbocycles. The molecule has 2 aromatic rings. The fourth-order valence-electron chi connectivity index (χ4n) is 8.13. The number of hydrogen-bond donors (Lipinski definition) is 1. The zero-order valence-corrected chi connectivity index (χ0v) is 30.0. The fourth-order valence-corrected chi connectivity index (χ4v) is 9.64. The molecule has 2 bridgehead atoms. The van der Waals surface area contributed by atoms with Gasteiger partial charge in [0.05, 0.1) is 10.9 Å². The minimum absolute atomic E-state index is 0.0521. The van der Waals surface area contributed by atoms with Gasteiger partial charge in [-0.25, -0.2) is 13.1 Å². The molecule has 1 unspecified atom stereocenters. The third-order valence-corrected chi connectivity index (χ3v) is 13.8. The Bertz CT molecular complexity index is 1510. The number of carbonyl (C=O) groups is 1.